The van der Waals surface area contributed by atoms with Crippen LogP contribution in [-0.4, -0.2) is 18.4 Å². The molecule has 0 aliphatic heterocycles. The second-order valence-electron chi connectivity index (χ2n) is 7.12. The average molecular weight is 473 g/mol. The maximum absolute atomic E-state index is 13.5. The first-order valence-corrected chi connectivity index (χ1v) is 11.0. The Hall–Kier alpha value is -3.63. The highest BCUT2D eigenvalue weighted by Crippen LogP contribution is 2.33. The number of benzene rings is 3. The van der Waals surface area contributed by atoms with Gasteiger partial charge in [0.2, 0.25) is 10.0 Å². The number of hydrogen-bond donors (Lipinski definition) is 1. The van der Waals surface area contributed by atoms with E-state index < -0.39 is 27.7 Å². The van der Waals surface area contributed by atoms with Gasteiger partial charge in [-0.05, 0) is 59.7 Å². The van der Waals surface area contributed by atoms with E-state index in [1.165, 1.54) is 36.4 Å². The molecule has 168 valence electrons. The Morgan fingerprint density at radius 1 is 0.727 bits per heavy atom. The molecule has 0 unspecified atom stereocenters. The van der Waals surface area contributed by atoms with E-state index >= 15 is 0 Å². The fourth-order valence-electron chi connectivity index (χ4n) is 3.18. The summed E-state index contributed by atoms with van der Waals surface area (Å²) in [5.74, 6) is -0.716. The van der Waals surface area contributed by atoms with Crippen LogP contribution in [0.1, 0.15) is 5.69 Å². The Labute approximate surface area is 186 Å². The van der Waals surface area contributed by atoms with Crippen LogP contribution in [0.2, 0.25) is 0 Å². The molecule has 0 bridgehead atoms. The summed E-state index contributed by atoms with van der Waals surface area (Å²) in [6, 6.07) is 17.9. The van der Waals surface area contributed by atoms with Gasteiger partial charge in [0, 0.05) is 11.1 Å². The standard InChI is InChI=1S/C23H15F4N3O2S/c24-18-9-7-14(8-10-18)20-13-21(23(25,26)27)30-22(29-20)17-5-1-3-15(11-17)16-4-2-6-19(12-16)33(28,31)32/h1-13H,(H2,28,31,32). The Bertz CT molecular complexity index is 1440. The SMILES string of the molecule is NS(=O)(=O)c1cccc(-c2cccc(-c3nc(-c4ccc(F)cc4)cc(C(F)(F)F)n3)c2)c1. The molecule has 1 heterocycles. The van der Waals surface area contributed by atoms with Crippen molar-refractivity contribution in [3.05, 3.63) is 90.4 Å². The van der Waals surface area contributed by atoms with Gasteiger partial charge in [-0.3, -0.25) is 0 Å². The predicted molar refractivity (Wildman–Crippen MR) is 115 cm³/mol. The molecule has 0 amide bonds. The third-order valence-electron chi connectivity index (χ3n) is 4.77. The molecule has 0 fully saturated rings. The van der Waals surface area contributed by atoms with Crippen LogP contribution in [0.25, 0.3) is 33.8 Å². The van der Waals surface area contributed by atoms with Gasteiger partial charge < -0.3 is 0 Å². The normalized spacial score (nSPS) is 12.0. The van der Waals surface area contributed by atoms with Gasteiger partial charge >= 0.3 is 6.18 Å². The third kappa shape index (κ3) is 5.07. The maximum Gasteiger partial charge on any atom is 0.433 e. The molecule has 10 heteroatoms. The Morgan fingerprint density at radius 3 is 1.97 bits per heavy atom. The second-order valence-corrected chi connectivity index (χ2v) is 8.68. The lowest BCUT2D eigenvalue weighted by Crippen LogP contribution is -2.11. The fourth-order valence-corrected chi connectivity index (χ4v) is 3.74. The zero-order valence-electron chi connectivity index (χ0n) is 16.7. The summed E-state index contributed by atoms with van der Waals surface area (Å²) in [4.78, 5) is 7.84. The number of halogens is 4. The molecule has 3 aromatic carbocycles. The lowest BCUT2D eigenvalue weighted by atomic mass is 10.0. The highest BCUT2D eigenvalue weighted by atomic mass is 32.2. The molecule has 5 nitrogen and oxygen atoms in total. The number of aromatic nitrogens is 2. The van der Waals surface area contributed by atoms with Crippen molar-refractivity contribution in [2.24, 2.45) is 5.14 Å². The minimum Gasteiger partial charge on any atom is -0.228 e. The molecule has 33 heavy (non-hydrogen) atoms. The molecule has 4 aromatic rings. The van der Waals surface area contributed by atoms with Gasteiger partial charge in [0.25, 0.3) is 0 Å². The van der Waals surface area contributed by atoms with E-state index in [2.05, 4.69) is 9.97 Å². The molecule has 0 atom stereocenters. The first-order valence-electron chi connectivity index (χ1n) is 9.46. The molecule has 1 aromatic heterocycles. The summed E-state index contributed by atoms with van der Waals surface area (Å²) >= 11 is 0. The van der Waals surface area contributed by atoms with Crippen LogP contribution < -0.4 is 5.14 Å². The molecule has 0 saturated carbocycles. The molecule has 0 saturated heterocycles. The van der Waals surface area contributed by atoms with E-state index in [0.29, 0.717) is 16.7 Å². The summed E-state index contributed by atoms with van der Waals surface area (Å²) in [7, 11) is -3.93. The van der Waals surface area contributed by atoms with Crippen LogP contribution in [0.4, 0.5) is 17.6 Å². The smallest absolute Gasteiger partial charge is 0.228 e. The van der Waals surface area contributed by atoms with Gasteiger partial charge in [0.05, 0.1) is 10.6 Å². The van der Waals surface area contributed by atoms with Crippen molar-refractivity contribution in [2.75, 3.05) is 0 Å². The van der Waals surface area contributed by atoms with Gasteiger partial charge in [-0.1, -0.05) is 30.3 Å². The van der Waals surface area contributed by atoms with Gasteiger partial charge in [0.15, 0.2) is 5.82 Å². The third-order valence-corrected chi connectivity index (χ3v) is 5.68. The lowest BCUT2D eigenvalue weighted by Gasteiger charge is -2.12. The summed E-state index contributed by atoms with van der Waals surface area (Å²) in [6.07, 6.45) is -4.73. The zero-order chi connectivity index (χ0) is 23.8. The van der Waals surface area contributed by atoms with Crippen LogP contribution in [0.3, 0.4) is 0 Å². The first-order chi connectivity index (χ1) is 15.5. The van der Waals surface area contributed by atoms with Crippen LogP contribution in [0, 0.1) is 5.82 Å². The number of sulfonamides is 1. The number of rotatable bonds is 4. The first kappa shape index (κ1) is 22.6. The van der Waals surface area contributed by atoms with E-state index in [1.807, 2.05) is 0 Å². The highest BCUT2D eigenvalue weighted by Gasteiger charge is 2.34. The van der Waals surface area contributed by atoms with Crippen molar-refractivity contribution in [3.8, 4) is 33.8 Å². The van der Waals surface area contributed by atoms with Crippen molar-refractivity contribution >= 4 is 10.0 Å². The number of hydrogen-bond acceptors (Lipinski definition) is 4. The molecule has 0 aliphatic carbocycles. The minimum atomic E-state index is -4.73. The molecule has 0 spiro atoms. The summed E-state index contributed by atoms with van der Waals surface area (Å²) in [5, 5.41) is 5.19. The Balaban J connectivity index is 1.84. The van der Waals surface area contributed by atoms with Crippen molar-refractivity contribution in [1.82, 2.24) is 9.97 Å². The second kappa shape index (κ2) is 8.38. The summed E-state index contributed by atoms with van der Waals surface area (Å²) in [6.45, 7) is 0. The van der Waals surface area contributed by atoms with E-state index in [9.17, 15) is 26.0 Å². The van der Waals surface area contributed by atoms with Gasteiger partial charge in [0.1, 0.15) is 11.5 Å². The largest absolute Gasteiger partial charge is 0.433 e. The average Bonchev–Trinajstić information content (AvgIpc) is 2.78. The van der Waals surface area contributed by atoms with Crippen molar-refractivity contribution in [3.63, 3.8) is 0 Å². The van der Waals surface area contributed by atoms with E-state index in [4.69, 9.17) is 5.14 Å². The van der Waals surface area contributed by atoms with Crippen molar-refractivity contribution in [2.45, 2.75) is 11.1 Å². The van der Waals surface area contributed by atoms with E-state index in [1.54, 1.807) is 24.3 Å². The molecule has 0 radical (unpaired) electrons. The van der Waals surface area contributed by atoms with Gasteiger partial charge in [-0.25, -0.2) is 27.9 Å². The summed E-state index contributed by atoms with van der Waals surface area (Å²) < 4.78 is 77.2. The van der Waals surface area contributed by atoms with Crippen molar-refractivity contribution in [1.29, 1.82) is 0 Å². The molecular weight excluding hydrogens is 458 g/mol. The van der Waals surface area contributed by atoms with Gasteiger partial charge in [-0.2, -0.15) is 13.2 Å². The van der Waals surface area contributed by atoms with Crippen LogP contribution >= 0.6 is 0 Å². The monoisotopic (exact) mass is 473 g/mol. The number of nitrogens with zero attached hydrogens (tertiary/aromatic N) is 2. The zero-order valence-corrected chi connectivity index (χ0v) is 17.5. The molecule has 2 N–H and O–H groups in total. The van der Waals surface area contributed by atoms with Crippen LogP contribution in [-0.2, 0) is 16.2 Å². The minimum absolute atomic E-state index is 0.0195. The van der Waals surface area contributed by atoms with E-state index in [-0.39, 0.29) is 22.0 Å². The van der Waals surface area contributed by atoms with Crippen LogP contribution in [0.15, 0.2) is 83.8 Å². The lowest BCUT2D eigenvalue weighted by molar-refractivity contribution is -0.141. The van der Waals surface area contributed by atoms with Gasteiger partial charge in [-0.15, -0.1) is 0 Å². The Morgan fingerprint density at radius 2 is 1.33 bits per heavy atom. The van der Waals surface area contributed by atoms with Crippen molar-refractivity contribution < 1.29 is 26.0 Å². The van der Waals surface area contributed by atoms with Crippen LogP contribution in [0.5, 0.6) is 0 Å². The predicted octanol–water partition coefficient (Wildman–Crippen LogP) is 5.28. The topological polar surface area (TPSA) is 85.9 Å². The molecule has 4 rings (SSSR count). The number of primary sulfonamides is 1. The fraction of sp³-hybridized carbons (Fsp3) is 0.0435. The number of nitrogens with two attached hydrogens (primary N) is 1. The quantitative estimate of drug-likeness (QED) is 0.409. The Kier molecular flexibility index (Phi) is 5.73. The van der Waals surface area contributed by atoms with E-state index in [0.717, 1.165) is 18.2 Å². The maximum atomic E-state index is 13.5. The molecule has 0 aliphatic rings. The molecular formula is C23H15F4N3O2S. The number of alkyl halides is 3. The highest BCUT2D eigenvalue weighted by molar-refractivity contribution is 7.89. The summed E-state index contributed by atoms with van der Waals surface area (Å²) in [5.41, 5.74) is 0.435.